The lowest BCUT2D eigenvalue weighted by Crippen LogP contribution is -2.42. The number of carbonyl (C=O) groups is 4. The first kappa shape index (κ1) is 28.5. The maximum Gasteiger partial charge on any atom is 0.248 e. The molecule has 9 heteroatoms. The number of fused-ring (bicyclic) bond motifs is 1. The smallest absolute Gasteiger partial charge is 0.248 e. The van der Waals surface area contributed by atoms with Gasteiger partial charge in [0.2, 0.25) is 17.6 Å². The van der Waals surface area contributed by atoms with Gasteiger partial charge in [-0.05, 0) is 24.5 Å². The summed E-state index contributed by atoms with van der Waals surface area (Å²) in [5, 5.41) is 25.4. The molecule has 38 heavy (non-hydrogen) atoms. The van der Waals surface area contributed by atoms with E-state index in [4.69, 9.17) is 4.74 Å². The Kier molecular flexibility index (Phi) is 9.70. The van der Waals surface area contributed by atoms with Gasteiger partial charge in [-0.3, -0.25) is 19.2 Å². The molecule has 0 radical (unpaired) electrons. The second-order valence-electron chi connectivity index (χ2n) is 9.42. The van der Waals surface area contributed by atoms with Crippen molar-refractivity contribution in [2.45, 2.75) is 50.9 Å². The van der Waals surface area contributed by atoms with E-state index in [1.54, 1.807) is 24.3 Å². The summed E-state index contributed by atoms with van der Waals surface area (Å²) >= 11 is 0. The predicted molar refractivity (Wildman–Crippen MR) is 141 cm³/mol. The Hall–Kier alpha value is -4.08. The Balaban J connectivity index is 1.54. The quantitative estimate of drug-likeness (QED) is 0.186. The van der Waals surface area contributed by atoms with Crippen molar-refractivity contribution in [3.8, 4) is 0 Å². The van der Waals surface area contributed by atoms with Gasteiger partial charge in [0.25, 0.3) is 0 Å². The largest absolute Gasteiger partial charge is 0.510 e. The number of rotatable bonds is 11. The number of carbonyl (C=O) groups excluding carboxylic acids is 4. The van der Waals surface area contributed by atoms with Gasteiger partial charge in [0, 0.05) is 25.0 Å². The van der Waals surface area contributed by atoms with Gasteiger partial charge in [-0.2, -0.15) is 0 Å². The average molecular weight is 521 g/mol. The molecular formula is C29H32N2O7. The Labute approximate surface area is 221 Å². The van der Waals surface area contributed by atoms with Crippen molar-refractivity contribution in [3.63, 3.8) is 0 Å². The normalized spacial score (nSPS) is 25.7. The zero-order valence-electron chi connectivity index (χ0n) is 21.3. The van der Waals surface area contributed by atoms with Gasteiger partial charge in [0.05, 0.1) is 5.70 Å². The fraction of sp³-hybridized carbons (Fsp3) is 0.310. The van der Waals surface area contributed by atoms with E-state index in [0.717, 1.165) is 6.42 Å². The highest BCUT2D eigenvalue weighted by Crippen LogP contribution is 2.40. The van der Waals surface area contributed by atoms with Crippen LogP contribution in [0.2, 0.25) is 0 Å². The van der Waals surface area contributed by atoms with Crippen molar-refractivity contribution < 1.29 is 34.1 Å². The van der Waals surface area contributed by atoms with Gasteiger partial charge in [0.1, 0.15) is 23.2 Å². The first-order valence-electron chi connectivity index (χ1n) is 12.4. The van der Waals surface area contributed by atoms with Crippen LogP contribution >= 0.6 is 0 Å². The van der Waals surface area contributed by atoms with Crippen molar-refractivity contribution in [2.24, 2.45) is 5.92 Å². The molecule has 9 nitrogen and oxygen atoms in total. The lowest BCUT2D eigenvalue weighted by atomic mass is 9.88. The molecule has 3 atom stereocenters. The Morgan fingerprint density at radius 1 is 1.00 bits per heavy atom. The Morgan fingerprint density at radius 2 is 1.63 bits per heavy atom. The van der Waals surface area contributed by atoms with Gasteiger partial charge in [-0.15, -0.1) is 0 Å². The maximum absolute atomic E-state index is 12.4. The molecule has 2 aliphatic carbocycles. The summed E-state index contributed by atoms with van der Waals surface area (Å²) in [5.41, 5.74) is -1.73. The number of epoxide rings is 1. The van der Waals surface area contributed by atoms with Gasteiger partial charge in [0.15, 0.2) is 11.9 Å². The highest BCUT2D eigenvalue weighted by atomic mass is 16.6. The van der Waals surface area contributed by atoms with E-state index in [9.17, 15) is 29.4 Å². The summed E-state index contributed by atoms with van der Waals surface area (Å²) in [4.78, 5) is 48.1. The summed E-state index contributed by atoms with van der Waals surface area (Å²) < 4.78 is 5.33. The van der Waals surface area contributed by atoms with E-state index >= 15 is 0 Å². The van der Waals surface area contributed by atoms with Crippen LogP contribution in [0.25, 0.3) is 0 Å². The van der Waals surface area contributed by atoms with E-state index in [1.807, 2.05) is 12.2 Å². The standard InChI is InChI=1S/C29H32N2O7/c1-19(2)12-8-4-3-5-9-13-23(34)30-20-18-29(37,28-27(38-28)26(20)36)17-11-7-6-10-14-24(35)31-25-21(32)15-16-22(25)33/h3-11,13-14,17-19,27-28,32,37H,12,15-16H2,1-2H3,(H,30,34)(H,31,35)/b5-3+,7-6-,8-4+,13-9+,14-10+,17-11-/t27?,28?,29-/m0/s1. The maximum atomic E-state index is 12.4. The Bertz CT molecular complexity index is 1210. The molecule has 3 aliphatic rings. The highest BCUT2D eigenvalue weighted by Gasteiger charge is 2.59. The zero-order chi connectivity index (χ0) is 27.7. The topological polar surface area (TPSA) is 145 Å². The second kappa shape index (κ2) is 12.9. The number of hydrogen-bond acceptors (Lipinski definition) is 7. The molecule has 1 aliphatic heterocycles. The first-order chi connectivity index (χ1) is 18.1. The van der Waals surface area contributed by atoms with Crippen molar-refractivity contribution in [1.82, 2.24) is 10.6 Å². The van der Waals surface area contributed by atoms with Crippen LogP contribution in [0.15, 0.2) is 96.1 Å². The molecule has 1 heterocycles. The van der Waals surface area contributed by atoms with Gasteiger partial charge in [-0.1, -0.05) is 68.5 Å². The molecule has 0 saturated carbocycles. The third-order valence-corrected chi connectivity index (χ3v) is 5.78. The number of allylic oxidation sites excluding steroid dienone is 11. The first-order valence-corrected chi connectivity index (χ1v) is 12.4. The summed E-state index contributed by atoms with van der Waals surface area (Å²) in [7, 11) is 0. The number of nitrogens with one attached hydrogen (secondary N) is 2. The SMILES string of the molecule is CC(C)C/C=C/C=C/C=C/C(=O)NC1=C[C@@](O)(\C=C/C=C\C=C\C(=O)NC2=C(O)CCC2=O)C2OC2C1=O. The lowest BCUT2D eigenvalue weighted by Gasteiger charge is -2.23. The zero-order valence-corrected chi connectivity index (χ0v) is 21.3. The van der Waals surface area contributed by atoms with Gasteiger partial charge >= 0.3 is 0 Å². The van der Waals surface area contributed by atoms with Crippen LogP contribution in [0.1, 0.15) is 33.1 Å². The van der Waals surface area contributed by atoms with Crippen LogP contribution in [-0.2, 0) is 23.9 Å². The number of hydrogen-bond donors (Lipinski definition) is 4. The molecular weight excluding hydrogens is 488 g/mol. The molecule has 1 fully saturated rings. The molecule has 2 amide bonds. The monoisotopic (exact) mass is 520 g/mol. The summed E-state index contributed by atoms with van der Waals surface area (Å²) in [6, 6.07) is 0. The predicted octanol–water partition coefficient (Wildman–Crippen LogP) is 2.70. The number of ether oxygens (including phenoxy) is 1. The third-order valence-electron chi connectivity index (χ3n) is 5.78. The van der Waals surface area contributed by atoms with Crippen molar-refractivity contribution in [1.29, 1.82) is 0 Å². The molecule has 0 spiro atoms. The summed E-state index contributed by atoms with van der Waals surface area (Å²) in [6.45, 7) is 4.25. The molecule has 0 aromatic carbocycles. The molecule has 1 saturated heterocycles. The minimum absolute atomic E-state index is 0.0501. The van der Waals surface area contributed by atoms with Crippen LogP contribution in [0, 0.1) is 5.92 Å². The number of aliphatic hydroxyl groups is 2. The molecule has 0 aromatic heterocycles. The van der Waals surface area contributed by atoms with Crippen molar-refractivity contribution >= 4 is 23.4 Å². The minimum atomic E-state index is -1.61. The highest BCUT2D eigenvalue weighted by molar-refractivity contribution is 6.06. The molecule has 2 unspecified atom stereocenters. The van der Waals surface area contributed by atoms with E-state index in [0.29, 0.717) is 5.92 Å². The van der Waals surface area contributed by atoms with Gasteiger partial charge < -0.3 is 25.6 Å². The molecule has 200 valence electrons. The fourth-order valence-electron chi connectivity index (χ4n) is 3.75. The summed E-state index contributed by atoms with van der Waals surface area (Å²) in [5.74, 6) is -1.36. The average Bonchev–Trinajstić information content (AvgIpc) is 3.62. The molecule has 4 N–H and O–H groups in total. The van der Waals surface area contributed by atoms with Crippen LogP contribution in [0.5, 0.6) is 0 Å². The lowest BCUT2D eigenvalue weighted by molar-refractivity contribution is -0.121. The Morgan fingerprint density at radius 3 is 2.26 bits per heavy atom. The van der Waals surface area contributed by atoms with Crippen molar-refractivity contribution in [3.05, 3.63) is 96.1 Å². The van der Waals surface area contributed by atoms with Crippen LogP contribution < -0.4 is 10.6 Å². The van der Waals surface area contributed by atoms with Crippen LogP contribution in [0.4, 0.5) is 0 Å². The number of ketones is 2. The van der Waals surface area contributed by atoms with Crippen LogP contribution in [0.3, 0.4) is 0 Å². The number of aliphatic hydroxyl groups excluding tert-OH is 1. The molecule has 0 bridgehead atoms. The van der Waals surface area contributed by atoms with E-state index in [-0.39, 0.29) is 35.8 Å². The molecule has 0 aromatic rings. The number of Topliss-reactive ketones (excluding diaryl/α,β-unsaturated/α-hetero) is 2. The van der Waals surface area contributed by atoms with E-state index < -0.39 is 35.4 Å². The van der Waals surface area contributed by atoms with Gasteiger partial charge in [-0.25, -0.2) is 0 Å². The number of amides is 2. The minimum Gasteiger partial charge on any atom is -0.510 e. The fourth-order valence-corrected chi connectivity index (χ4v) is 3.75. The second-order valence-corrected chi connectivity index (χ2v) is 9.42. The van der Waals surface area contributed by atoms with Crippen LogP contribution in [-0.4, -0.2) is 51.4 Å². The van der Waals surface area contributed by atoms with E-state index in [1.165, 1.54) is 42.5 Å². The summed E-state index contributed by atoms with van der Waals surface area (Å²) in [6.07, 6.45) is 19.9. The van der Waals surface area contributed by atoms with Crippen molar-refractivity contribution in [2.75, 3.05) is 0 Å². The molecule has 3 rings (SSSR count). The third kappa shape index (κ3) is 7.96. The van der Waals surface area contributed by atoms with E-state index in [2.05, 4.69) is 24.5 Å².